The lowest BCUT2D eigenvalue weighted by Crippen LogP contribution is -2.59. The summed E-state index contributed by atoms with van der Waals surface area (Å²) in [6, 6.07) is 0.467. The Labute approximate surface area is 88.6 Å². The molecule has 1 aliphatic carbocycles. The number of aliphatic carboxylic acids is 1. The first kappa shape index (κ1) is 10.3. The van der Waals surface area contributed by atoms with Crippen molar-refractivity contribution in [2.75, 3.05) is 11.5 Å². The van der Waals surface area contributed by atoms with Gasteiger partial charge in [0.25, 0.3) is 0 Å². The van der Waals surface area contributed by atoms with Crippen LogP contribution in [-0.4, -0.2) is 34.2 Å². The van der Waals surface area contributed by atoms with Gasteiger partial charge in [0.1, 0.15) is 5.54 Å². The minimum Gasteiger partial charge on any atom is -0.480 e. The first-order valence-electron chi connectivity index (χ1n) is 5.32. The normalized spacial score (nSPS) is 26.9. The van der Waals surface area contributed by atoms with E-state index in [4.69, 9.17) is 0 Å². The Morgan fingerprint density at radius 1 is 1.36 bits per heavy atom. The Morgan fingerprint density at radius 2 is 2.00 bits per heavy atom. The van der Waals surface area contributed by atoms with E-state index in [2.05, 4.69) is 5.32 Å². The van der Waals surface area contributed by atoms with Crippen LogP contribution in [0.15, 0.2) is 0 Å². The highest BCUT2D eigenvalue weighted by molar-refractivity contribution is 7.99. The average Bonchev–Trinajstić information content (AvgIpc) is 2.13. The third-order valence-electron chi connectivity index (χ3n) is 3.34. The fraction of sp³-hybridized carbons (Fsp3) is 0.900. The molecule has 0 radical (unpaired) electrons. The van der Waals surface area contributed by atoms with Crippen molar-refractivity contribution in [3.05, 3.63) is 0 Å². The van der Waals surface area contributed by atoms with E-state index in [-0.39, 0.29) is 0 Å². The molecule has 0 aromatic carbocycles. The molecule has 0 atom stereocenters. The van der Waals surface area contributed by atoms with Gasteiger partial charge in [-0.05, 0) is 37.2 Å². The van der Waals surface area contributed by atoms with Crippen molar-refractivity contribution < 1.29 is 9.90 Å². The average molecular weight is 215 g/mol. The van der Waals surface area contributed by atoms with E-state index in [0.29, 0.717) is 6.04 Å². The molecular weight excluding hydrogens is 198 g/mol. The van der Waals surface area contributed by atoms with Gasteiger partial charge in [0, 0.05) is 6.04 Å². The molecule has 2 aliphatic rings. The molecule has 2 N–H and O–H groups in total. The monoisotopic (exact) mass is 215 g/mol. The minimum atomic E-state index is -0.648. The third kappa shape index (κ3) is 1.91. The van der Waals surface area contributed by atoms with Crippen molar-refractivity contribution in [3.63, 3.8) is 0 Å². The molecule has 4 heteroatoms. The Kier molecular flexibility index (Phi) is 3.02. The summed E-state index contributed by atoms with van der Waals surface area (Å²) in [5.74, 6) is 1.31. The van der Waals surface area contributed by atoms with Crippen molar-refractivity contribution >= 4 is 17.7 Å². The van der Waals surface area contributed by atoms with Gasteiger partial charge in [0.15, 0.2) is 0 Å². The predicted molar refractivity (Wildman–Crippen MR) is 57.7 cm³/mol. The van der Waals surface area contributed by atoms with Gasteiger partial charge in [0.2, 0.25) is 0 Å². The van der Waals surface area contributed by atoms with E-state index < -0.39 is 11.5 Å². The van der Waals surface area contributed by atoms with Crippen molar-refractivity contribution in [1.82, 2.24) is 5.32 Å². The third-order valence-corrected chi connectivity index (χ3v) is 4.33. The van der Waals surface area contributed by atoms with Crippen LogP contribution in [0, 0.1) is 0 Å². The van der Waals surface area contributed by atoms with Crippen LogP contribution in [0.2, 0.25) is 0 Å². The predicted octanol–water partition coefficient (Wildman–Crippen LogP) is 1.48. The van der Waals surface area contributed by atoms with Gasteiger partial charge >= 0.3 is 5.97 Å². The summed E-state index contributed by atoms with van der Waals surface area (Å²) in [5, 5.41) is 12.6. The summed E-state index contributed by atoms with van der Waals surface area (Å²) in [7, 11) is 0. The summed E-state index contributed by atoms with van der Waals surface area (Å²) >= 11 is 1.86. The second-order valence-electron chi connectivity index (χ2n) is 4.27. The van der Waals surface area contributed by atoms with Crippen LogP contribution in [0.1, 0.15) is 32.1 Å². The molecular formula is C10H17NO2S. The van der Waals surface area contributed by atoms with Gasteiger partial charge in [-0.2, -0.15) is 11.8 Å². The molecule has 0 unspecified atom stereocenters. The number of thioether (sulfide) groups is 1. The molecule has 1 saturated carbocycles. The summed E-state index contributed by atoms with van der Waals surface area (Å²) in [5.41, 5.74) is -0.601. The lowest BCUT2D eigenvalue weighted by Gasteiger charge is -2.40. The molecule has 0 aromatic heterocycles. The van der Waals surface area contributed by atoms with Crippen LogP contribution < -0.4 is 5.32 Å². The highest BCUT2D eigenvalue weighted by Gasteiger charge is 2.42. The molecule has 80 valence electrons. The second-order valence-corrected chi connectivity index (χ2v) is 5.50. The number of carboxylic acid groups (broad SMARTS) is 1. The number of hydrogen-bond acceptors (Lipinski definition) is 3. The Balaban J connectivity index is 2.00. The van der Waals surface area contributed by atoms with Gasteiger partial charge in [-0.15, -0.1) is 0 Å². The van der Waals surface area contributed by atoms with E-state index in [0.717, 1.165) is 37.2 Å². The zero-order valence-corrected chi connectivity index (χ0v) is 9.11. The maximum atomic E-state index is 11.3. The number of carbonyl (C=O) groups is 1. The Morgan fingerprint density at radius 3 is 2.43 bits per heavy atom. The molecule has 0 spiro atoms. The van der Waals surface area contributed by atoms with Gasteiger partial charge in [-0.3, -0.25) is 10.1 Å². The summed E-state index contributed by atoms with van der Waals surface area (Å²) in [6.45, 7) is 0. The minimum absolute atomic E-state index is 0.467. The maximum Gasteiger partial charge on any atom is 0.323 e. The van der Waals surface area contributed by atoms with Crippen LogP contribution in [0.5, 0.6) is 0 Å². The zero-order chi connectivity index (χ0) is 10.0. The van der Waals surface area contributed by atoms with Crippen molar-refractivity contribution in [2.24, 2.45) is 0 Å². The SMILES string of the molecule is O=C(O)C1(NC2CCC2)CCSCC1. The molecule has 2 fully saturated rings. The van der Waals surface area contributed by atoms with Crippen LogP contribution in [-0.2, 0) is 4.79 Å². The van der Waals surface area contributed by atoms with Crippen LogP contribution in [0.3, 0.4) is 0 Å². The molecule has 2 rings (SSSR count). The Bertz CT molecular complexity index is 222. The van der Waals surface area contributed by atoms with Crippen molar-refractivity contribution in [3.8, 4) is 0 Å². The largest absolute Gasteiger partial charge is 0.480 e. The topological polar surface area (TPSA) is 49.3 Å². The molecule has 1 saturated heterocycles. The highest BCUT2D eigenvalue weighted by atomic mass is 32.2. The molecule has 14 heavy (non-hydrogen) atoms. The van der Waals surface area contributed by atoms with Gasteiger partial charge in [0.05, 0.1) is 0 Å². The van der Waals surface area contributed by atoms with E-state index in [1.807, 2.05) is 11.8 Å². The van der Waals surface area contributed by atoms with E-state index >= 15 is 0 Å². The number of nitrogens with one attached hydrogen (secondary N) is 1. The Hall–Kier alpha value is -0.220. The fourth-order valence-electron chi connectivity index (χ4n) is 2.08. The standard InChI is InChI=1S/C10H17NO2S/c12-9(13)10(4-6-14-7-5-10)11-8-2-1-3-8/h8,11H,1-7H2,(H,12,13). The smallest absolute Gasteiger partial charge is 0.323 e. The summed E-state index contributed by atoms with van der Waals surface area (Å²) < 4.78 is 0. The second kappa shape index (κ2) is 4.11. The highest BCUT2D eigenvalue weighted by Crippen LogP contribution is 2.30. The number of hydrogen-bond donors (Lipinski definition) is 2. The van der Waals surface area contributed by atoms with E-state index in [1.165, 1.54) is 6.42 Å². The summed E-state index contributed by atoms with van der Waals surface area (Å²) in [6.07, 6.45) is 5.12. The molecule has 0 amide bonds. The van der Waals surface area contributed by atoms with E-state index in [1.54, 1.807) is 0 Å². The van der Waals surface area contributed by atoms with Gasteiger partial charge in [-0.25, -0.2) is 0 Å². The molecule has 0 aromatic rings. The first-order valence-corrected chi connectivity index (χ1v) is 6.47. The molecule has 1 heterocycles. The summed E-state index contributed by atoms with van der Waals surface area (Å²) in [4.78, 5) is 11.3. The molecule has 0 bridgehead atoms. The van der Waals surface area contributed by atoms with Gasteiger partial charge in [-0.1, -0.05) is 6.42 Å². The number of rotatable bonds is 3. The van der Waals surface area contributed by atoms with Crippen molar-refractivity contribution in [1.29, 1.82) is 0 Å². The quantitative estimate of drug-likeness (QED) is 0.748. The lowest BCUT2D eigenvalue weighted by molar-refractivity contribution is -0.146. The number of carboxylic acids is 1. The van der Waals surface area contributed by atoms with Crippen LogP contribution in [0.25, 0.3) is 0 Å². The van der Waals surface area contributed by atoms with Crippen LogP contribution >= 0.6 is 11.8 Å². The van der Waals surface area contributed by atoms with E-state index in [9.17, 15) is 9.90 Å². The fourth-order valence-corrected chi connectivity index (χ4v) is 3.27. The zero-order valence-electron chi connectivity index (χ0n) is 8.29. The van der Waals surface area contributed by atoms with Gasteiger partial charge < -0.3 is 5.11 Å². The van der Waals surface area contributed by atoms with Crippen molar-refractivity contribution in [2.45, 2.75) is 43.7 Å². The molecule has 1 aliphatic heterocycles. The lowest BCUT2D eigenvalue weighted by atomic mass is 9.85. The maximum absolute atomic E-state index is 11.3. The molecule has 3 nitrogen and oxygen atoms in total. The van der Waals surface area contributed by atoms with Crippen LogP contribution in [0.4, 0.5) is 0 Å². The first-order chi connectivity index (χ1) is 6.73.